The zero-order chi connectivity index (χ0) is 8.15. The molecule has 0 spiro atoms. The van der Waals surface area contributed by atoms with Crippen LogP contribution < -0.4 is 0 Å². The van der Waals surface area contributed by atoms with Gasteiger partial charge in [0.25, 0.3) is 0 Å². The fourth-order valence-corrected chi connectivity index (χ4v) is 4.26. The topological polar surface area (TPSA) is 0 Å². The van der Waals surface area contributed by atoms with Crippen LogP contribution >= 0.6 is 15.8 Å². The quantitative estimate of drug-likeness (QED) is 0.456. The van der Waals surface area contributed by atoms with Gasteiger partial charge < -0.3 is 0 Å². The van der Waals surface area contributed by atoms with Crippen LogP contribution in [0.15, 0.2) is 0 Å². The van der Waals surface area contributed by atoms with Gasteiger partial charge in [0.1, 0.15) is 6.71 Å². The summed E-state index contributed by atoms with van der Waals surface area (Å²) in [5.41, 5.74) is 0. The lowest BCUT2D eigenvalue weighted by Gasteiger charge is -2.13. The molecule has 0 aliphatic rings. The highest BCUT2D eigenvalue weighted by atomic mass is 31.1. The summed E-state index contributed by atoms with van der Waals surface area (Å²) in [7, 11) is 0.680. The molecule has 10 heavy (non-hydrogen) atoms. The van der Waals surface area contributed by atoms with E-state index in [9.17, 15) is 0 Å². The molecule has 0 N–H and O–H groups in total. The first-order valence-electron chi connectivity index (χ1n) is 3.82. The van der Waals surface area contributed by atoms with Gasteiger partial charge in [-0.05, 0) is 26.7 Å². The molecular weight excluding hydrogens is 157 g/mol. The molecule has 0 aromatic heterocycles. The Bertz CT molecular complexity index is 73.7. The molecule has 0 fully saturated rings. The smallest absolute Gasteiger partial charge is 0.121 e. The van der Waals surface area contributed by atoms with Gasteiger partial charge in [0.05, 0.1) is 0 Å². The van der Waals surface area contributed by atoms with Crippen LogP contribution in [0.1, 0.15) is 0 Å². The minimum atomic E-state index is 0.340. The number of hydrogen-bond donors (Lipinski definition) is 0. The van der Waals surface area contributed by atoms with Crippen molar-refractivity contribution in [1.82, 2.24) is 0 Å². The van der Waals surface area contributed by atoms with Gasteiger partial charge in [-0.1, -0.05) is 18.9 Å². The van der Waals surface area contributed by atoms with Gasteiger partial charge in [0.2, 0.25) is 0 Å². The Morgan fingerprint density at radius 1 is 0.900 bits per heavy atom. The zero-order valence-corrected chi connectivity index (χ0v) is 9.67. The van der Waals surface area contributed by atoms with Crippen LogP contribution in [0.25, 0.3) is 0 Å². The van der Waals surface area contributed by atoms with Crippen LogP contribution in [0.2, 0.25) is 6.82 Å². The summed E-state index contributed by atoms with van der Waals surface area (Å²) >= 11 is 0. The molecule has 3 heteroatoms. The van der Waals surface area contributed by atoms with E-state index >= 15 is 0 Å². The lowest BCUT2D eigenvalue weighted by molar-refractivity contribution is 1.76. The van der Waals surface area contributed by atoms with Crippen LogP contribution in [0.4, 0.5) is 0 Å². The molecule has 0 aliphatic heterocycles. The predicted octanol–water partition coefficient (Wildman–Crippen LogP) is 2.67. The largest absolute Gasteiger partial charge is 0.145 e. The molecule has 0 aromatic rings. The van der Waals surface area contributed by atoms with Crippen molar-refractivity contribution in [3.8, 4) is 0 Å². The second-order valence-electron chi connectivity index (χ2n) is 3.63. The van der Waals surface area contributed by atoms with Crippen LogP contribution in [-0.2, 0) is 0 Å². The SMILES string of the molecule is CB(CP(C)C)CP(C)C. The van der Waals surface area contributed by atoms with E-state index in [1.807, 2.05) is 0 Å². The third-order valence-corrected chi connectivity index (χ3v) is 4.06. The van der Waals surface area contributed by atoms with Gasteiger partial charge in [-0.25, -0.2) is 0 Å². The molecule has 0 bridgehead atoms. The molecule has 0 atom stereocenters. The third kappa shape index (κ3) is 7.04. The van der Waals surface area contributed by atoms with Gasteiger partial charge in [-0.3, -0.25) is 0 Å². The Labute approximate surface area is 68.8 Å². The normalized spacial score (nSPS) is 11.1. The van der Waals surface area contributed by atoms with Crippen LogP contribution in [-0.4, -0.2) is 45.5 Å². The Morgan fingerprint density at radius 3 is 1.40 bits per heavy atom. The minimum absolute atomic E-state index is 0.340. The maximum Gasteiger partial charge on any atom is 0.145 e. The molecule has 0 amide bonds. The van der Waals surface area contributed by atoms with Crippen molar-refractivity contribution in [2.45, 2.75) is 6.82 Å². The first-order chi connectivity index (χ1) is 4.52. The summed E-state index contributed by atoms with van der Waals surface area (Å²) in [6.45, 7) is 12.9. The molecule has 0 aliphatic carbocycles. The summed E-state index contributed by atoms with van der Waals surface area (Å²) in [5.74, 6) is 0. The van der Waals surface area contributed by atoms with Crippen LogP contribution in [0.3, 0.4) is 0 Å². The Kier molecular flexibility index (Phi) is 6.07. The molecule has 0 aromatic carbocycles. The maximum absolute atomic E-state index is 2.39. The van der Waals surface area contributed by atoms with E-state index in [1.165, 1.54) is 12.1 Å². The highest BCUT2D eigenvalue weighted by Gasteiger charge is 2.09. The van der Waals surface area contributed by atoms with Crippen molar-refractivity contribution in [3.05, 3.63) is 0 Å². The lowest BCUT2D eigenvalue weighted by atomic mass is 9.57. The van der Waals surface area contributed by atoms with E-state index in [1.54, 1.807) is 0 Å². The average Bonchev–Trinajstić information content (AvgIpc) is 1.58. The average molecular weight is 176 g/mol. The maximum atomic E-state index is 2.39. The first kappa shape index (κ1) is 10.9. The van der Waals surface area contributed by atoms with E-state index in [0.717, 1.165) is 6.71 Å². The van der Waals surface area contributed by atoms with Gasteiger partial charge in [-0.15, -0.1) is 15.8 Å². The number of hydrogen-bond acceptors (Lipinski definition) is 0. The van der Waals surface area contributed by atoms with Crippen molar-refractivity contribution < 1.29 is 0 Å². The molecule has 0 nitrogen and oxygen atoms in total. The predicted molar refractivity (Wildman–Crippen MR) is 58.9 cm³/mol. The Balaban J connectivity index is 3.34. The van der Waals surface area contributed by atoms with Crippen LogP contribution in [0, 0.1) is 0 Å². The van der Waals surface area contributed by atoms with Gasteiger partial charge in [0, 0.05) is 0 Å². The molecule has 0 heterocycles. The van der Waals surface area contributed by atoms with Crippen molar-refractivity contribution in [3.63, 3.8) is 0 Å². The van der Waals surface area contributed by atoms with E-state index in [4.69, 9.17) is 0 Å². The van der Waals surface area contributed by atoms with Gasteiger partial charge in [0.15, 0.2) is 0 Å². The molecule has 0 unspecified atom stereocenters. The summed E-state index contributed by atoms with van der Waals surface area (Å²) < 4.78 is 0. The fourth-order valence-electron chi connectivity index (χ4n) is 1.30. The molecule has 0 saturated carbocycles. The standard InChI is InChI=1S/C7H19BP2/c1-8(6-9(2)3)7-10(4)5/h6-7H2,1-5H3. The molecule has 0 saturated heterocycles. The third-order valence-electron chi connectivity index (χ3n) is 1.35. The highest BCUT2D eigenvalue weighted by molar-refractivity contribution is 7.61. The summed E-state index contributed by atoms with van der Waals surface area (Å²) in [4.78, 5) is 0. The summed E-state index contributed by atoms with van der Waals surface area (Å²) in [6, 6.07) is 2.94. The summed E-state index contributed by atoms with van der Waals surface area (Å²) in [6.07, 6.45) is 0. The zero-order valence-electron chi connectivity index (χ0n) is 7.89. The van der Waals surface area contributed by atoms with Gasteiger partial charge in [-0.2, -0.15) is 0 Å². The highest BCUT2D eigenvalue weighted by Crippen LogP contribution is 2.30. The second kappa shape index (κ2) is 5.56. The van der Waals surface area contributed by atoms with Crippen molar-refractivity contribution in [2.75, 3.05) is 38.8 Å². The lowest BCUT2D eigenvalue weighted by Crippen LogP contribution is -2.16. The molecule has 0 radical (unpaired) electrons. The van der Waals surface area contributed by atoms with Crippen molar-refractivity contribution >= 4 is 22.6 Å². The van der Waals surface area contributed by atoms with Crippen LogP contribution in [0.5, 0.6) is 0 Å². The molecular formula is C7H19BP2. The van der Waals surface area contributed by atoms with Crippen molar-refractivity contribution in [1.29, 1.82) is 0 Å². The molecule has 60 valence electrons. The summed E-state index contributed by atoms with van der Waals surface area (Å²) in [5, 5.41) is 0. The van der Waals surface area contributed by atoms with E-state index < -0.39 is 0 Å². The molecule has 0 rings (SSSR count). The number of rotatable bonds is 4. The first-order valence-corrected chi connectivity index (χ1v) is 8.66. The Morgan fingerprint density at radius 2 is 1.20 bits per heavy atom. The Hall–Kier alpha value is 0.925. The fraction of sp³-hybridized carbons (Fsp3) is 1.00. The van der Waals surface area contributed by atoms with Gasteiger partial charge >= 0.3 is 0 Å². The minimum Gasteiger partial charge on any atom is -0.121 e. The van der Waals surface area contributed by atoms with E-state index in [0.29, 0.717) is 15.8 Å². The van der Waals surface area contributed by atoms with E-state index in [2.05, 4.69) is 33.5 Å². The second-order valence-corrected chi connectivity index (χ2v) is 8.68. The van der Waals surface area contributed by atoms with E-state index in [-0.39, 0.29) is 0 Å². The van der Waals surface area contributed by atoms with Crippen molar-refractivity contribution in [2.24, 2.45) is 0 Å². The monoisotopic (exact) mass is 176 g/mol.